The van der Waals surface area contributed by atoms with Crippen molar-refractivity contribution in [1.82, 2.24) is 10.3 Å². The highest BCUT2D eigenvalue weighted by molar-refractivity contribution is 6.04. The van der Waals surface area contributed by atoms with Gasteiger partial charge in [0.2, 0.25) is 0 Å². The second-order valence-corrected chi connectivity index (χ2v) is 7.25. The highest BCUT2D eigenvalue weighted by Crippen LogP contribution is 2.38. The Labute approximate surface area is 174 Å². The van der Waals surface area contributed by atoms with Gasteiger partial charge in [0.05, 0.1) is 11.3 Å². The number of benzene rings is 1. The summed E-state index contributed by atoms with van der Waals surface area (Å²) in [6.45, 7) is 1.34. The molecule has 11 heteroatoms. The van der Waals surface area contributed by atoms with Crippen molar-refractivity contribution in [1.29, 1.82) is 5.26 Å². The third-order valence-corrected chi connectivity index (χ3v) is 4.93. The van der Waals surface area contributed by atoms with Gasteiger partial charge in [-0.05, 0) is 31.0 Å². The summed E-state index contributed by atoms with van der Waals surface area (Å²) in [4.78, 5) is 18.2. The Morgan fingerprint density at radius 1 is 1.32 bits per heavy atom. The van der Waals surface area contributed by atoms with Gasteiger partial charge >= 0.3 is 6.18 Å². The molecule has 0 bridgehead atoms. The lowest BCUT2D eigenvalue weighted by Crippen LogP contribution is -2.43. The highest BCUT2D eigenvalue weighted by atomic mass is 19.4. The molecule has 0 aliphatic carbocycles. The van der Waals surface area contributed by atoms with Crippen molar-refractivity contribution in [3.8, 4) is 17.2 Å². The Morgan fingerprint density at radius 2 is 1.97 bits per heavy atom. The van der Waals surface area contributed by atoms with Crippen LogP contribution in [0.3, 0.4) is 0 Å². The number of nitrogens with two attached hydrogens (primary N) is 1. The van der Waals surface area contributed by atoms with Gasteiger partial charge in [-0.1, -0.05) is 0 Å². The lowest BCUT2D eigenvalue weighted by atomic mass is 9.97. The molecule has 0 radical (unpaired) electrons. The van der Waals surface area contributed by atoms with E-state index in [9.17, 15) is 32.0 Å². The summed E-state index contributed by atoms with van der Waals surface area (Å²) in [7, 11) is 0. The summed E-state index contributed by atoms with van der Waals surface area (Å²) in [5, 5.41) is 11.4. The summed E-state index contributed by atoms with van der Waals surface area (Å²) in [5.41, 5.74) is 5.37. The first kappa shape index (κ1) is 22.4. The molecule has 1 saturated heterocycles. The topological polar surface area (TPSA) is 95.0 Å². The van der Waals surface area contributed by atoms with Crippen LogP contribution < -0.4 is 16.0 Å². The maximum Gasteiger partial charge on any atom is 0.408 e. The van der Waals surface area contributed by atoms with E-state index in [2.05, 4.69) is 4.98 Å². The van der Waals surface area contributed by atoms with Crippen molar-refractivity contribution >= 4 is 11.6 Å². The van der Waals surface area contributed by atoms with Crippen molar-refractivity contribution < 1.29 is 26.7 Å². The van der Waals surface area contributed by atoms with E-state index >= 15 is 0 Å². The first-order chi connectivity index (χ1) is 14.5. The Kier molecular flexibility index (Phi) is 6.13. The van der Waals surface area contributed by atoms with E-state index in [0.717, 1.165) is 25.3 Å². The van der Waals surface area contributed by atoms with Crippen LogP contribution in [0.4, 0.5) is 27.6 Å². The molecule has 1 unspecified atom stereocenters. The number of halogens is 5. The molecule has 2 heterocycles. The minimum Gasteiger partial charge on any atom is -0.369 e. The van der Waals surface area contributed by atoms with Gasteiger partial charge in [-0.3, -0.25) is 4.79 Å². The van der Waals surface area contributed by atoms with Gasteiger partial charge in [-0.25, -0.2) is 13.8 Å². The first-order valence-electron chi connectivity index (χ1n) is 9.29. The molecule has 1 amide bonds. The van der Waals surface area contributed by atoms with E-state index in [-0.39, 0.29) is 40.7 Å². The summed E-state index contributed by atoms with van der Waals surface area (Å²) >= 11 is 0. The fourth-order valence-electron chi connectivity index (χ4n) is 3.40. The van der Waals surface area contributed by atoms with Crippen LogP contribution >= 0.6 is 0 Å². The predicted octanol–water partition coefficient (Wildman–Crippen LogP) is 3.12. The molecule has 0 spiro atoms. The van der Waals surface area contributed by atoms with E-state index < -0.39 is 29.8 Å². The molecule has 31 heavy (non-hydrogen) atoms. The maximum atomic E-state index is 13.9. The Bertz CT molecular complexity index is 1030. The highest BCUT2D eigenvalue weighted by Gasteiger charge is 2.38. The number of nitriles is 1. The zero-order chi connectivity index (χ0) is 22.9. The minimum atomic E-state index is -4.68. The van der Waals surface area contributed by atoms with E-state index in [4.69, 9.17) is 5.73 Å². The van der Waals surface area contributed by atoms with Crippen LogP contribution in [-0.4, -0.2) is 42.2 Å². The van der Waals surface area contributed by atoms with Gasteiger partial charge < -0.3 is 16.0 Å². The van der Waals surface area contributed by atoms with Crippen LogP contribution in [0.15, 0.2) is 24.4 Å². The molecule has 6 nitrogen and oxygen atoms in total. The van der Waals surface area contributed by atoms with Crippen molar-refractivity contribution in [3.63, 3.8) is 0 Å². The SMILES string of the molecule is CC(NC(=O)c1cnc(C#N)c(-c2cc(F)cc(F)c2)c1N1CC[C@@H](N)C1)C(F)(F)F. The molecular weight excluding hydrogens is 421 g/mol. The molecule has 3 N–H and O–H groups in total. The fraction of sp³-hybridized carbons (Fsp3) is 0.350. The van der Waals surface area contributed by atoms with Crippen LogP contribution in [0.25, 0.3) is 11.1 Å². The second kappa shape index (κ2) is 8.47. The third kappa shape index (κ3) is 4.74. The zero-order valence-corrected chi connectivity index (χ0v) is 16.3. The minimum absolute atomic E-state index is 0.0522. The number of carbonyl (C=O) groups excluding carboxylic acids is 1. The summed E-state index contributed by atoms with van der Waals surface area (Å²) in [5.74, 6) is -2.94. The Morgan fingerprint density at radius 3 is 2.48 bits per heavy atom. The number of amides is 1. The number of anilines is 1. The van der Waals surface area contributed by atoms with Crippen LogP contribution in [-0.2, 0) is 0 Å². The number of aromatic nitrogens is 1. The fourth-order valence-corrected chi connectivity index (χ4v) is 3.40. The van der Waals surface area contributed by atoms with Crippen molar-refractivity contribution in [3.05, 3.63) is 47.3 Å². The summed E-state index contributed by atoms with van der Waals surface area (Å²) in [6, 6.07) is 1.92. The standard InChI is InChI=1S/C20H18F5N5O/c1-10(20(23,24)25)29-19(31)15-8-28-16(7-26)17(11-4-12(21)6-13(22)5-11)18(15)30-3-2-14(27)9-30/h4-6,8,10,14H,2-3,9,27H2,1H3,(H,29,31)/t10?,14-/m1/s1. The van der Waals surface area contributed by atoms with Crippen LogP contribution in [0.2, 0.25) is 0 Å². The number of hydrogen-bond donors (Lipinski definition) is 2. The summed E-state index contributed by atoms with van der Waals surface area (Å²) in [6.07, 6.45) is -3.18. The number of hydrogen-bond acceptors (Lipinski definition) is 5. The Hall–Kier alpha value is -3.26. The lowest BCUT2D eigenvalue weighted by Gasteiger charge is -2.26. The van der Waals surface area contributed by atoms with E-state index in [1.165, 1.54) is 0 Å². The quantitative estimate of drug-likeness (QED) is 0.714. The first-order valence-corrected chi connectivity index (χ1v) is 9.29. The van der Waals surface area contributed by atoms with Crippen molar-refractivity contribution in [2.45, 2.75) is 31.6 Å². The molecule has 2 aromatic rings. The number of nitrogens with one attached hydrogen (secondary N) is 1. The molecule has 2 atom stereocenters. The lowest BCUT2D eigenvalue weighted by molar-refractivity contribution is -0.149. The van der Waals surface area contributed by atoms with Gasteiger partial charge in [0.25, 0.3) is 5.91 Å². The van der Waals surface area contributed by atoms with E-state index in [1.807, 2.05) is 11.4 Å². The number of alkyl halides is 3. The second-order valence-electron chi connectivity index (χ2n) is 7.25. The number of rotatable bonds is 4. The van der Waals surface area contributed by atoms with Crippen LogP contribution in [0, 0.1) is 23.0 Å². The monoisotopic (exact) mass is 439 g/mol. The molecule has 1 fully saturated rings. The van der Waals surface area contributed by atoms with E-state index in [0.29, 0.717) is 19.0 Å². The predicted molar refractivity (Wildman–Crippen MR) is 102 cm³/mol. The average molecular weight is 439 g/mol. The van der Waals surface area contributed by atoms with Crippen molar-refractivity contribution in [2.24, 2.45) is 5.73 Å². The molecule has 1 aromatic heterocycles. The normalized spacial score (nSPS) is 17.4. The maximum absolute atomic E-state index is 13.9. The number of nitrogens with zero attached hydrogens (tertiary/aromatic N) is 3. The van der Waals surface area contributed by atoms with Crippen LogP contribution in [0.1, 0.15) is 29.4 Å². The molecule has 1 aromatic carbocycles. The van der Waals surface area contributed by atoms with Gasteiger partial charge in [0, 0.05) is 37.0 Å². The molecule has 1 aliphatic heterocycles. The number of pyridine rings is 1. The summed E-state index contributed by atoms with van der Waals surface area (Å²) < 4.78 is 66.6. The number of carbonyl (C=O) groups is 1. The van der Waals surface area contributed by atoms with Gasteiger partial charge in [0.1, 0.15) is 29.4 Å². The van der Waals surface area contributed by atoms with Crippen molar-refractivity contribution in [2.75, 3.05) is 18.0 Å². The molecular formula is C20H18F5N5O. The Balaban J connectivity index is 2.22. The van der Waals surface area contributed by atoms with Gasteiger partial charge in [-0.2, -0.15) is 18.4 Å². The van der Waals surface area contributed by atoms with Gasteiger partial charge in [-0.15, -0.1) is 0 Å². The average Bonchev–Trinajstić information content (AvgIpc) is 3.11. The molecule has 1 aliphatic rings. The smallest absolute Gasteiger partial charge is 0.369 e. The largest absolute Gasteiger partial charge is 0.408 e. The zero-order valence-electron chi connectivity index (χ0n) is 16.3. The van der Waals surface area contributed by atoms with Gasteiger partial charge in [0.15, 0.2) is 0 Å². The van der Waals surface area contributed by atoms with E-state index in [1.54, 1.807) is 4.90 Å². The molecule has 164 valence electrons. The molecule has 3 rings (SSSR count). The molecule has 0 saturated carbocycles. The third-order valence-electron chi connectivity index (χ3n) is 4.93. The van der Waals surface area contributed by atoms with Crippen LogP contribution in [0.5, 0.6) is 0 Å².